The smallest absolute Gasteiger partial charge is 0.276 e. The molecular formula is C12H9N3O5S2. The van der Waals surface area contributed by atoms with Gasteiger partial charge in [-0.15, -0.1) is 11.3 Å². The summed E-state index contributed by atoms with van der Waals surface area (Å²) in [6, 6.07) is 3.94. The average Bonchev–Trinajstić information content (AvgIpc) is 3.00. The number of rotatable bonds is 3. The standard InChI is InChI=1S/C12H9N3O5S2/c16-11-5-20-9-2-1-7(3-8(9)14-11)22(18,19)15-12(17)10-4-13-6-21-10/h1-4,6H,5H2,(H,14,16)(H,15,17). The number of nitrogens with one attached hydrogen (secondary N) is 2. The Labute approximate surface area is 129 Å². The monoisotopic (exact) mass is 339 g/mol. The minimum Gasteiger partial charge on any atom is -0.482 e. The number of amides is 2. The molecule has 0 unspecified atom stereocenters. The molecule has 2 heterocycles. The number of carbonyl (C=O) groups is 2. The van der Waals surface area contributed by atoms with E-state index in [2.05, 4.69) is 10.3 Å². The number of ether oxygens (including phenoxy) is 1. The fourth-order valence-electron chi connectivity index (χ4n) is 1.79. The van der Waals surface area contributed by atoms with Gasteiger partial charge in [-0.2, -0.15) is 0 Å². The number of thiazole rings is 1. The van der Waals surface area contributed by atoms with E-state index in [0.717, 1.165) is 11.3 Å². The Morgan fingerprint density at radius 2 is 2.23 bits per heavy atom. The molecule has 1 aliphatic heterocycles. The lowest BCUT2D eigenvalue weighted by Gasteiger charge is -2.18. The molecule has 0 saturated carbocycles. The largest absolute Gasteiger partial charge is 0.482 e. The molecule has 114 valence electrons. The van der Waals surface area contributed by atoms with Crippen LogP contribution in [-0.2, 0) is 14.8 Å². The van der Waals surface area contributed by atoms with E-state index in [4.69, 9.17) is 4.74 Å². The number of sulfonamides is 1. The summed E-state index contributed by atoms with van der Waals surface area (Å²) < 4.78 is 31.5. The summed E-state index contributed by atoms with van der Waals surface area (Å²) in [5.41, 5.74) is 1.66. The van der Waals surface area contributed by atoms with Gasteiger partial charge in [0.05, 0.1) is 22.3 Å². The maximum atomic E-state index is 12.2. The van der Waals surface area contributed by atoms with Gasteiger partial charge in [0.1, 0.15) is 10.6 Å². The van der Waals surface area contributed by atoms with Gasteiger partial charge in [0.25, 0.3) is 21.8 Å². The van der Waals surface area contributed by atoms with E-state index >= 15 is 0 Å². The molecule has 0 bridgehead atoms. The second kappa shape index (κ2) is 5.39. The summed E-state index contributed by atoms with van der Waals surface area (Å²) in [5.74, 6) is -0.774. The molecule has 0 radical (unpaired) electrons. The van der Waals surface area contributed by atoms with Gasteiger partial charge in [0, 0.05) is 0 Å². The number of hydrogen-bond acceptors (Lipinski definition) is 7. The molecule has 0 spiro atoms. The van der Waals surface area contributed by atoms with Gasteiger partial charge in [-0.05, 0) is 18.2 Å². The normalized spacial score (nSPS) is 13.7. The van der Waals surface area contributed by atoms with Gasteiger partial charge in [-0.25, -0.2) is 13.1 Å². The summed E-state index contributed by atoms with van der Waals surface area (Å²) in [7, 11) is -4.06. The molecule has 0 aliphatic carbocycles. The highest BCUT2D eigenvalue weighted by Crippen LogP contribution is 2.30. The molecule has 1 aromatic heterocycles. The molecule has 10 heteroatoms. The van der Waals surface area contributed by atoms with E-state index in [0.29, 0.717) is 5.75 Å². The Balaban J connectivity index is 1.88. The van der Waals surface area contributed by atoms with E-state index in [1.54, 1.807) is 0 Å². The second-order valence-corrected chi connectivity index (χ2v) is 6.86. The third-order valence-corrected chi connectivity index (χ3v) is 4.88. The molecule has 2 N–H and O–H groups in total. The SMILES string of the molecule is O=C1COc2ccc(S(=O)(=O)NC(=O)c3cncs3)cc2N1. The number of aromatic nitrogens is 1. The van der Waals surface area contributed by atoms with Gasteiger partial charge in [-0.1, -0.05) is 0 Å². The molecule has 1 aliphatic rings. The van der Waals surface area contributed by atoms with Gasteiger partial charge >= 0.3 is 0 Å². The first-order valence-electron chi connectivity index (χ1n) is 5.98. The van der Waals surface area contributed by atoms with Crippen LogP contribution >= 0.6 is 11.3 Å². The molecule has 1 aromatic carbocycles. The van der Waals surface area contributed by atoms with Gasteiger partial charge < -0.3 is 10.1 Å². The first-order chi connectivity index (χ1) is 10.5. The second-order valence-electron chi connectivity index (χ2n) is 4.30. The number of nitrogens with zero attached hydrogens (tertiary/aromatic N) is 1. The van der Waals surface area contributed by atoms with Crippen molar-refractivity contribution >= 4 is 38.9 Å². The first kappa shape index (κ1) is 14.5. The van der Waals surface area contributed by atoms with Crippen LogP contribution in [0.2, 0.25) is 0 Å². The van der Waals surface area contributed by atoms with Crippen molar-refractivity contribution in [1.29, 1.82) is 0 Å². The zero-order valence-electron chi connectivity index (χ0n) is 10.9. The van der Waals surface area contributed by atoms with Gasteiger partial charge in [-0.3, -0.25) is 14.6 Å². The van der Waals surface area contributed by atoms with E-state index < -0.39 is 15.9 Å². The molecule has 22 heavy (non-hydrogen) atoms. The van der Waals surface area contributed by atoms with Crippen LogP contribution in [0.1, 0.15) is 9.67 Å². The number of anilines is 1. The Bertz CT molecular complexity index is 846. The lowest BCUT2D eigenvalue weighted by Crippen LogP contribution is -2.30. The number of benzene rings is 1. The van der Waals surface area contributed by atoms with Crippen LogP contribution in [0.3, 0.4) is 0 Å². The van der Waals surface area contributed by atoms with E-state index in [-0.39, 0.29) is 28.0 Å². The first-order valence-corrected chi connectivity index (χ1v) is 8.34. The summed E-state index contributed by atoms with van der Waals surface area (Å²) in [5, 5.41) is 2.50. The van der Waals surface area contributed by atoms with Crippen molar-refractivity contribution in [2.45, 2.75) is 4.90 Å². The van der Waals surface area contributed by atoms with Crippen molar-refractivity contribution in [2.75, 3.05) is 11.9 Å². The van der Waals surface area contributed by atoms with Crippen LogP contribution in [-0.4, -0.2) is 31.8 Å². The fraction of sp³-hybridized carbons (Fsp3) is 0.0833. The Kier molecular flexibility index (Phi) is 3.54. The quantitative estimate of drug-likeness (QED) is 0.846. The van der Waals surface area contributed by atoms with Crippen LogP contribution in [0.25, 0.3) is 0 Å². The lowest BCUT2D eigenvalue weighted by atomic mass is 10.2. The molecule has 2 amide bonds. The Morgan fingerprint density at radius 1 is 1.41 bits per heavy atom. The lowest BCUT2D eigenvalue weighted by molar-refractivity contribution is -0.118. The average molecular weight is 339 g/mol. The van der Waals surface area contributed by atoms with Crippen LogP contribution in [0.15, 0.2) is 34.8 Å². The molecule has 2 aromatic rings. The topological polar surface area (TPSA) is 114 Å². The zero-order valence-corrected chi connectivity index (χ0v) is 12.5. The van der Waals surface area contributed by atoms with Crippen LogP contribution in [0.5, 0.6) is 5.75 Å². The van der Waals surface area contributed by atoms with Gasteiger partial charge in [0.15, 0.2) is 6.61 Å². The summed E-state index contributed by atoms with van der Waals surface area (Å²) in [6.07, 6.45) is 1.27. The highest BCUT2D eigenvalue weighted by Gasteiger charge is 2.23. The Morgan fingerprint density at radius 3 is 2.95 bits per heavy atom. The number of hydrogen-bond donors (Lipinski definition) is 2. The molecule has 0 fully saturated rings. The van der Waals surface area contributed by atoms with Crippen LogP contribution in [0, 0.1) is 0 Å². The zero-order chi connectivity index (χ0) is 15.7. The van der Waals surface area contributed by atoms with Crippen molar-refractivity contribution in [2.24, 2.45) is 0 Å². The number of carbonyl (C=O) groups excluding carboxylic acids is 2. The maximum Gasteiger partial charge on any atom is 0.276 e. The molecule has 0 saturated heterocycles. The maximum absolute atomic E-state index is 12.2. The predicted octanol–water partition coefficient (Wildman–Crippen LogP) is 0.593. The van der Waals surface area contributed by atoms with Crippen LogP contribution < -0.4 is 14.8 Å². The van der Waals surface area contributed by atoms with E-state index in [1.165, 1.54) is 29.9 Å². The number of fused-ring (bicyclic) bond motifs is 1. The van der Waals surface area contributed by atoms with Crippen molar-refractivity contribution in [3.05, 3.63) is 34.8 Å². The van der Waals surface area contributed by atoms with E-state index in [9.17, 15) is 18.0 Å². The van der Waals surface area contributed by atoms with Gasteiger partial charge in [0.2, 0.25) is 0 Å². The molecule has 0 atom stereocenters. The van der Waals surface area contributed by atoms with Crippen molar-refractivity contribution in [1.82, 2.24) is 9.71 Å². The summed E-state index contributed by atoms with van der Waals surface area (Å²) in [4.78, 5) is 26.8. The third-order valence-electron chi connectivity index (χ3n) is 2.78. The summed E-state index contributed by atoms with van der Waals surface area (Å²) >= 11 is 1.03. The minimum atomic E-state index is -4.06. The fourth-order valence-corrected chi connectivity index (χ4v) is 3.36. The van der Waals surface area contributed by atoms with Crippen molar-refractivity contribution in [3.63, 3.8) is 0 Å². The molecule has 3 rings (SSSR count). The van der Waals surface area contributed by atoms with E-state index in [1.807, 2.05) is 4.72 Å². The Hall–Kier alpha value is -2.46. The van der Waals surface area contributed by atoms with Crippen molar-refractivity contribution in [3.8, 4) is 5.75 Å². The minimum absolute atomic E-state index is 0.124. The summed E-state index contributed by atoms with van der Waals surface area (Å²) in [6.45, 7) is -0.124. The highest BCUT2D eigenvalue weighted by molar-refractivity contribution is 7.90. The third kappa shape index (κ3) is 2.78. The molecule has 8 nitrogen and oxygen atoms in total. The molecular weight excluding hydrogens is 330 g/mol. The van der Waals surface area contributed by atoms with Crippen LogP contribution in [0.4, 0.5) is 5.69 Å². The highest BCUT2D eigenvalue weighted by atomic mass is 32.2. The predicted molar refractivity (Wildman–Crippen MR) is 77.3 cm³/mol. The van der Waals surface area contributed by atoms with Crippen molar-refractivity contribution < 1.29 is 22.7 Å².